The van der Waals surface area contributed by atoms with Gasteiger partial charge in [-0.1, -0.05) is 32.0 Å². The summed E-state index contributed by atoms with van der Waals surface area (Å²) in [6.07, 6.45) is 0.790. The summed E-state index contributed by atoms with van der Waals surface area (Å²) in [4.78, 5) is 12.9. The molecule has 0 saturated heterocycles. The van der Waals surface area contributed by atoms with Crippen LogP contribution in [0.25, 0.3) is 0 Å². The van der Waals surface area contributed by atoms with E-state index in [0.717, 1.165) is 17.7 Å². The van der Waals surface area contributed by atoms with Crippen LogP contribution >= 0.6 is 11.3 Å². The SMILES string of the molecule is COc1ccc(C(CC(C)C)NC(=O)c2ccc(N(C)S(=O)(=O)c3cccs3)cc2)cc1. The molecule has 170 valence electrons. The first-order chi connectivity index (χ1) is 15.2. The number of carbonyl (C=O) groups excluding carboxylic acids is 1. The molecule has 3 rings (SSSR count). The van der Waals surface area contributed by atoms with Crippen LogP contribution in [0.4, 0.5) is 5.69 Å². The minimum Gasteiger partial charge on any atom is -0.497 e. The normalized spacial score (nSPS) is 12.4. The maximum Gasteiger partial charge on any atom is 0.273 e. The van der Waals surface area contributed by atoms with Gasteiger partial charge in [-0.3, -0.25) is 9.10 Å². The maximum atomic E-state index is 12.9. The van der Waals surface area contributed by atoms with Crippen molar-refractivity contribution in [1.29, 1.82) is 0 Å². The third-order valence-electron chi connectivity index (χ3n) is 5.13. The second-order valence-electron chi connectivity index (χ2n) is 7.88. The van der Waals surface area contributed by atoms with Crippen molar-refractivity contribution in [2.45, 2.75) is 30.5 Å². The van der Waals surface area contributed by atoms with Gasteiger partial charge in [0, 0.05) is 12.6 Å². The van der Waals surface area contributed by atoms with E-state index < -0.39 is 10.0 Å². The highest BCUT2D eigenvalue weighted by molar-refractivity contribution is 7.94. The van der Waals surface area contributed by atoms with Crippen molar-refractivity contribution in [3.63, 3.8) is 0 Å². The van der Waals surface area contributed by atoms with E-state index in [2.05, 4.69) is 19.2 Å². The molecule has 1 unspecified atom stereocenters. The molecule has 2 aromatic carbocycles. The Kier molecular flexibility index (Phi) is 7.58. The number of methoxy groups -OCH3 is 1. The number of rotatable bonds is 9. The zero-order valence-corrected chi connectivity index (χ0v) is 20.2. The Balaban J connectivity index is 1.76. The van der Waals surface area contributed by atoms with Crippen LogP contribution in [0.1, 0.15) is 42.2 Å². The summed E-state index contributed by atoms with van der Waals surface area (Å²) < 4.78 is 32.1. The zero-order chi connectivity index (χ0) is 23.3. The molecule has 1 heterocycles. The van der Waals surface area contributed by atoms with E-state index in [4.69, 9.17) is 4.74 Å². The summed E-state index contributed by atoms with van der Waals surface area (Å²) in [5.74, 6) is 0.947. The number of carbonyl (C=O) groups is 1. The Morgan fingerprint density at radius 1 is 1.06 bits per heavy atom. The quantitative estimate of drug-likeness (QED) is 0.470. The molecule has 0 spiro atoms. The molecule has 0 bridgehead atoms. The smallest absolute Gasteiger partial charge is 0.273 e. The van der Waals surface area contributed by atoms with Crippen LogP contribution < -0.4 is 14.4 Å². The molecule has 1 N–H and O–H groups in total. The lowest BCUT2D eigenvalue weighted by Gasteiger charge is -2.22. The molecule has 0 aliphatic heterocycles. The lowest BCUT2D eigenvalue weighted by Crippen LogP contribution is -2.29. The summed E-state index contributed by atoms with van der Waals surface area (Å²) in [6, 6.07) is 17.4. The zero-order valence-electron chi connectivity index (χ0n) is 18.6. The number of anilines is 1. The van der Waals surface area contributed by atoms with Crippen molar-refractivity contribution in [2.75, 3.05) is 18.5 Å². The van der Waals surface area contributed by atoms with Crippen molar-refractivity contribution in [1.82, 2.24) is 5.32 Å². The van der Waals surface area contributed by atoms with Gasteiger partial charge in [-0.15, -0.1) is 11.3 Å². The highest BCUT2D eigenvalue weighted by atomic mass is 32.2. The minimum absolute atomic E-state index is 0.144. The van der Waals surface area contributed by atoms with Gasteiger partial charge in [-0.25, -0.2) is 8.42 Å². The molecule has 0 fully saturated rings. The first kappa shape index (κ1) is 23.8. The van der Waals surface area contributed by atoms with E-state index in [1.54, 1.807) is 48.9 Å². The lowest BCUT2D eigenvalue weighted by atomic mass is 9.96. The molecule has 3 aromatic rings. The van der Waals surface area contributed by atoms with Crippen LogP contribution in [0.15, 0.2) is 70.3 Å². The molecule has 0 radical (unpaired) electrons. The van der Waals surface area contributed by atoms with Gasteiger partial charge in [0.1, 0.15) is 9.96 Å². The number of hydrogen-bond donors (Lipinski definition) is 1. The van der Waals surface area contributed by atoms with Gasteiger partial charge in [0.05, 0.1) is 18.8 Å². The van der Waals surface area contributed by atoms with Crippen LogP contribution in [0, 0.1) is 5.92 Å². The summed E-state index contributed by atoms with van der Waals surface area (Å²) in [5, 5.41) is 4.84. The first-order valence-corrected chi connectivity index (χ1v) is 12.6. The molecular weight excluding hydrogens is 444 g/mol. The average molecular weight is 473 g/mol. The highest BCUT2D eigenvalue weighted by Crippen LogP contribution is 2.27. The van der Waals surface area contributed by atoms with Crippen LogP contribution in [0.2, 0.25) is 0 Å². The van der Waals surface area contributed by atoms with Gasteiger partial charge < -0.3 is 10.1 Å². The van der Waals surface area contributed by atoms with Gasteiger partial charge in [0.2, 0.25) is 0 Å². The van der Waals surface area contributed by atoms with Crippen LogP contribution in [0.3, 0.4) is 0 Å². The molecule has 32 heavy (non-hydrogen) atoms. The van der Waals surface area contributed by atoms with Crippen molar-refractivity contribution in [3.8, 4) is 5.75 Å². The molecule has 1 atom stereocenters. The van der Waals surface area contributed by atoms with Crippen molar-refractivity contribution >= 4 is 33.0 Å². The molecule has 0 aliphatic carbocycles. The van der Waals surface area contributed by atoms with Crippen LogP contribution in [-0.4, -0.2) is 28.5 Å². The van der Waals surface area contributed by atoms with E-state index in [1.807, 2.05) is 24.3 Å². The summed E-state index contributed by atoms with van der Waals surface area (Å²) in [5.41, 5.74) is 1.97. The Bertz CT molecular complexity index is 1120. The van der Waals surface area contributed by atoms with E-state index in [-0.39, 0.29) is 16.2 Å². The number of sulfonamides is 1. The summed E-state index contributed by atoms with van der Waals surface area (Å²) in [7, 11) is -0.488. The lowest BCUT2D eigenvalue weighted by molar-refractivity contribution is 0.0932. The van der Waals surface area contributed by atoms with Gasteiger partial charge in [0.25, 0.3) is 15.9 Å². The molecule has 8 heteroatoms. The standard InChI is InChI=1S/C24H28N2O4S2/c1-17(2)16-22(18-9-13-21(30-4)14-10-18)25-24(27)19-7-11-20(12-8-19)26(3)32(28,29)23-6-5-15-31-23/h5-15,17,22H,16H2,1-4H3,(H,25,27). The van der Waals surface area contributed by atoms with Crippen LogP contribution in [-0.2, 0) is 10.0 Å². The molecular formula is C24H28N2O4S2. The van der Waals surface area contributed by atoms with Gasteiger partial charge in [-0.05, 0) is 65.7 Å². The molecule has 1 aromatic heterocycles. The van der Waals surface area contributed by atoms with Gasteiger partial charge >= 0.3 is 0 Å². The summed E-state index contributed by atoms with van der Waals surface area (Å²) in [6.45, 7) is 4.22. The molecule has 0 saturated carbocycles. The minimum atomic E-state index is -3.62. The van der Waals surface area contributed by atoms with Crippen molar-refractivity contribution in [2.24, 2.45) is 5.92 Å². The fourth-order valence-electron chi connectivity index (χ4n) is 3.33. The topological polar surface area (TPSA) is 75.7 Å². The summed E-state index contributed by atoms with van der Waals surface area (Å²) >= 11 is 1.17. The predicted octanol–water partition coefficient (Wildman–Crippen LogP) is 5.10. The van der Waals surface area contributed by atoms with E-state index in [1.165, 1.54) is 22.7 Å². The second-order valence-corrected chi connectivity index (χ2v) is 11.0. The second kappa shape index (κ2) is 10.2. The molecule has 1 amide bonds. The van der Waals surface area contributed by atoms with E-state index in [9.17, 15) is 13.2 Å². The monoisotopic (exact) mass is 472 g/mol. The third kappa shape index (κ3) is 5.49. The number of ether oxygens (including phenoxy) is 1. The highest BCUT2D eigenvalue weighted by Gasteiger charge is 2.23. The Morgan fingerprint density at radius 3 is 2.25 bits per heavy atom. The molecule has 0 aliphatic rings. The third-order valence-corrected chi connectivity index (χ3v) is 8.29. The Labute approximate surface area is 193 Å². The number of nitrogens with zero attached hydrogens (tertiary/aromatic N) is 1. The largest absolute Gasteiger partial charge is 0.497 e. The van der Waals surface area contributed by atoms with E-state index in [0.29, 0.717) is 17.2 Å². The van der Waals surface area contributed by atoms with Crippen molar-refractivity contribution in [3.05, 3.63) is 77.2 Å². The number of benzene rings is 2. The fraction of sp³-hybridized carbons (Fsp3) is 0.292. The molecule has 6 nitrogen and oxygen atoms in total. The Morgan fingerprint density at radius 2 is 1.72 bits per heavy atom. The van der Waals surface area contributed by atoms with Crippen molar-refractivity contribution < 1.29 is 17.9 Å². The number of amides is 1. The Hall–Kier alpha value is -2.84. The number of hydrogen-bond acceptors (Lipinski definition) is 5. The van der Waals surface area contributed by atoms with Crippen LogP contribution in [0.5, 0.6) is 5.75 Å². The van der Waals surface area contributed by atoms with Gasteiger partial charge in [-0.2, -0.15) is 0 Å². The fourth-order valence-corrected chi connectivity index (χ4v) is 5.69. The number of nitrogens with one attached hydrogen (secondary N) is 1. The maximum absolute atomic E-state index is 12.9. The average Bonchev–Trinajstić information content (AvgIpc) is 3.34. The van der Waals surface area contributed by atoms with Gasteiger partial charge in [0.15, 0.2) is 0 Å². The first-order valence-electron chi connectivity index (χ1n) is 10.3. The van der Waals surface area contributed by atoms with E-state index >= 15 is 0 Å². The number of thiophene rings is 1. The predicted molar refractivity (Wildman–Crippen MR) is 129 cm³/mol.